The van der Waals surface area contributed by atoms with Crippen LogP contribution < -0.4 is 5.32 Å². The molecule has 3 saturated carbocycles. The number of nitrogens with zero attached hydrogens (tertiary/aromatic N) is 3. The van der Waals surface area contributed by atoms with Crippen molar-refractivity contribution in [2.45, 2.75) is 61.9 Å². The lowest BCUT2D eigenvalue weighted by atomic mass is 9.47. The minimum atomic E-state index is -4.65. The Bertz CT molecular complexity index is 1330. The fraction of sp³-hybridized carbons (Fsp3) is 0.478. The monoisotopic (exact) mass is 510 g/mol. The van der Waals surface area contributed by atoms with Crippen molar-refractivity contribution in [1.29, 1.82) is 0 Å². The molecule has 3 aliphatic rings. The number of ether oxygens (including phenoxy) is 1. The van der Waals surface area contributed by atoms with Gasteiger partial charge in [0.15, 0.2) is 0 Å². The normalized spacial score (nSPS) is 29.6. The molecule has 12 heteroatoms. The molecule has 0 aliphatic heterocycles. The number of rotatable bonds is 5. The number of amides is 1. The molecule has 6 rings (SSSR count). The van der Waals surface area contributed by atoms with Gasteiger partial charge in [-0.15, -0.1) is 23.4 Å². The number of hydrogen-bond donors (Lipinski definition) is 1. The Balaban J connectivity index is 1.09. The third-order valence-corrected chi connectivity index (χ3v) is 7.81. The lowest BCUT2D eigenvalue weighted by Crippen LogP contribution is -2.69. The second-order valence-corrected chi connectivity index (χ2v) is 9.96. The average molecular weight is 511 g/mol. The van der Waals surface area contributed by atoms with Crippen molar-refractivity contribution in [3.8, 4) is 0 Å². The zero-order valence-corrected chi connectivity index (χ0v) is 18.9. The summed E-state index contributed by atoms with van der Waals surface area (Å²) in [5, 5.41) is 11.9. The number of pyridine rings is 1. The molecular formula is C23H19ClF4N4O3. The van der Waals surface area contributed by atoms with Crippen molar-refractivity contribution in [3.05, 3.63) is 52.6 Å². The summed E-state index contributed by atoms with van der Waals surface area (Å²) in [7, 11) is 0. The van der Waals surface area contributed by atoms with E-state index in [-0.39, 0.29) is 52.8 Å². The molecule has 0 saturated heterocycles. The van der Waals surface area contributed by atoms with Crippen LogP contribution in [-0.4, -0.2) is 39.1 Å². The molecule has 7 nitrogen and oxygen atoms in total. The minimum Gasteiger partial charge on any atom is -0.425 e. The summed E-state index contributed by atoms with van der Waals surface area (Å²) in [5.74, 6) is -0.308. The maximum absolute atomic E-state index is 13.8. The highest BCUT2D eigenvalue weighted by Crippen LogP contribution is 2.61. The number of aromatic nitrogens is 3. The van der Waals surface area contributed by atoms with E-state index in [0.717, 1.165) is 12.8 Å². The van der Waals surface area contributed by atoms with Crippen LogP contribution in [-0.2, 0) is 4.74 Å². The van der Waals surface area contributed by atoms with Crippen molar-refractivity contribution in [3.63, 3.8) is 0 Å². The molecule has 1 amide bonds. The molecule has 3 aliphatic carbocycles. The molecule has 35 heavy (non-hydrogen) atoms. The van der Waals surface area contributed by atoms with E-state index in [1.54, 1.807) is 12.1 Å². The van der Waals surface area contributed by atoms with Crippen molar-refractivity contribution >= 4 is 28.4 Å². The summed E-state index contributed by atoms with van der Waals surface area (Å²) in [4.78, 5) is 17.2. The summed E-state index contributed by atoms with van der Waals surface area (Å²) in [6.07, 6.45) is -2.86. The quantitative estimate of drug-likeness (QED) is 0.471. The van der Waals surface area contributed by atoms with Crippen LogP contribution in [0.5, 0.6) is 0 Å². The lowest BCUT2D eigenvalue weighted by Gasteiger charge is -2.62. The second kappa shape index (κ2) is 7.86. The van der Waals surface area contributed by atoms with Gasteiger partial charge in [0.05, 0.1) is 16.6 Å². The van der Waals surface area contributed by atoms with Gasteiger partial charge in [0.2, 0.25) is 11.8 Å². The van der Waals surface area contributed by atoms with Crippen molar-refractivity contribution in [2.24, 2.45) is 5.92 Å². The van der Waals surface area contributed by atoms with Crippen LogP contribution >= 0.6 is 11.6 Å². The van der Waals surface area contributed by atoms with E-state index >= 15 is 0 Å². The van der Waals surface area contributed by atoms with Gasteiger partial charge in [-0.1, -0.05) is 17.7 Å². The Kier molecular flexibility index (Phi) is 5.09. The Hall–Kier alpha value is -2.79. The molecule has 184 valence electrons. The molecule has 2 heterocycles. The van der Waals surface area contributed by atoms with Gasteiger partial charge in [0, 0.05) is 28.8 Å². The van der Waals surface area contributed by atoms with Crippen LogP contribution in [0.2, 0.25) is 5.02 Å². The average Bonchev–Trinajstić information content (AvgIpc) is 3.23. The van der Waals surface area contributed by atoms with Gasteiger partial charge in [-0.3, -0.25) is 9.53 Å². The largest absolute Gasteiger partial charge is 0.522 e. The highest BCUT2D eigenvalue weighted by Gasteiger charge is 2.62. The van der Waals surface area contributed by atoms with E-state index in [4.69, 9.17) is 16.0 Å². The number of halogens is 5. The van der Waals surface area contributed by atoms with Gasteiger partial charge in [-0.25, -0.2) is 9.37 Å². The summed E-state index contributed by atoms with van der Waals surface area (Å²) in [6, 6.07) is 5.91. The van der Waals surface area contributed by atoms with Crippen LogP contribution in [0.4, 0.5) is 17.6 Å². The molecule has 1 aromatic carbocycles. The number of carbonyl (C=O) groups excluding carboxylic acids is 1. The first-order chi connectivity index (χ1) is 16.6. The molecule has 3 aromatic rings. The topological polar surface area (TPSA) is 90.1 Å². The number of carbonyl (C=O) groups is 1. The zero-order chi connectivity index (χ0) is 24.5. The molecule has 0 spiro atoms. The number of hydrogen-bond acceptors (Lipinski definition) is 6. The number of nitrogens with one attached hydrogen (secondary N) is 1. The van der Waals surface area contributed by atoms with Crippen LogP contribution in [0.3, 0.4) is 0 Å². The van der Waals surface area contributed by atoms with E-state index in [1.807, 2.05) is 0 Å². The van der Waals surface area contributed by atoms with E-state index < -0.39 is 18.3 Å². The maximum atomic E-state index is 13.8. The third kappa shape index (κ3) is 3.94. The van der Waals surface area contributed by atoms with Gasteiger partial charge < -0.3 is 9.73 Å². The number of alkyl halides is 3. The molecule has 0 radical (unpaired) electrons. The van der Waals surface area contributed by atoms with Crippen molar-refractivity contribution in [2.75, 3.05) is 0 Å². The van der Waals surface area contributed by atoms with Crippen LogP contribution in [0.1, 0.15) is 66.2 Å². The van der Waals surface area contributed by atoms with Gasteiger partial charge in [0.25, 0.3) is 5.91 Å². The predicted molar refractivity (Wildman–Crippen MR) is 114 cm³/mol. The summed E-state index contributed by atoms with van der Waals surface area (Å²) >= 11 is 5.81. The van der Waals surface area contributed by atoms with E-state index in [2.05, 4.69) is 25.2 Å². The zero-order valence-electron chi connectivity index (χ0n) is 18.1. The fourth-order valence-electron chi connectivity index (χ4n) is 5.49. The predicted octanol–water partition coefficient (Wildman–Crippen LogP) is 5.26. The van der Waals surface area contributed by atoms with Crippen LogP contribution in [0.15, 0.2) is 28.7 Å². The van der Waals surface area contributed by atoms with E-state index in [9.17, 15) is 22.4 Å². The van der Waals surface area contributed by atoms with Gasteiger partial charge in [-0.05, 0) is 50.2 Å². The smallest absolute Gasteiger partial charge is 0.425 e. The highest BCUT2D eigenvalue weighted by molar-refractivity contribution is 6.31. The second-order valence-electron chi connectivity index (χ2n) is 9.55. The lowest BCUT2D eigenvalue weighted by molar-refractivity contribution is -0.352. The summed E-state index contributed by atoms with van der Waals surface area (Å²) in [5.41, 5.74) is 0.134. The number of benzene rings is 1. The molecule has 0 bridgehead atoms. The first kappa shape index (κ1) is 22.7. The van der Waals surface area contributed by atoms with E-state index in [1.165, 1.54) is 12.1 Å². The molecule has 2 aromatic heterocycles. The van der Waals surface area contributed by atoms with Crippen LogP contribution in [0, 0.1) is 11.7 Å². The molecule has 3 fully saturated rings. The van der Waals surface area contributed by atoms with E-state index in [0.29, 0.717) is 29.1 Å². The SMILES string of the molecule is O=C(NC12CCC1C(c1nnc(C3CC(OC(F)(F)F)C3)o1)C2)c1ccc2cc(Cl)c(F)cc2n1. The maximum Gasteiger partial charge on any atom is 0.522 e. The first-order valence-electron chi connectivity index (χ1n) is 11.3. The summed E-state index contributed by atoms with van der Waals surface area (Å²) in [6.45, 7) is 0. The highest BCUT2D eigenvalue weighted by atomic mass is 35.5. The molecule has 3 atom stereocenters. The van der Waals surface area contributed by atoms with Crippen molar-refractivity contribution < 1.29 is 31.5 Å². The third-order valence-electron chi connectivity index (χ3n) is 7.53. The van der Waals surface area contributed by atoms with Gasteiger partial charge in [-0.2, -0.15) is 0 Å². The standard InChI is InChI=1S/C23H19ClF4N4O3/c24-15-7-10-1-2-17(29-18(10)8-16(15)25)19(33)30-22-4-3-14(22)13(9-22)21-32-31-20(34-21)11-5-12(6-11)35-23(26,27)28/h1-2,7-8,11-14H,3-6,9H2,(H,30,33). The Morgan fingerprint density at radius 3 is 2.66 bits per heavy atom. The minimum absolute atomic E-state index is 0.0100. The van der Waals surface area contributed by atoms with Crippen LogP contribution in [0.25, 0.3) is 10.9 Å². The van der Waals surface area contributed by atoms with Gasteiger partial charge in [0.1, 0.15) is 11.5 Å². The Labute approximate surface area is 201 Å². The van der Waals surface area contributed by atoms with Gasteiger partial charge >= 0.3 is 6.36 Å². The molecular weight excluding hydrogens is 492 g/mol. The summed E-state index contributed by atoms with van der Waals surface area (Å²) < 4.78 is 60.5. The number of fused-ring (bicyclic) bond motifs is 2. The Morgan fingerprint density at radius 2 is 1.97 bits per heavy atom. The first-order valence-corrected chi connectivity index (χ1v) is 11.6. The van der Waals surface area contributed by atoms with Crippen molar-refractivity contribution in [1.82, 2.24) is 20.5 Å². The fourth-order valence-corrected chi connectivity index (χ4v) is 5.66. The molecule has 1 N–H and O–H groups in total. The molecule has 3 unspecified atom stereocenters. The Morgan fingerprint density at radius 1 is 1.20 bits per heavy atom.